The lowest BCUT2D eigenvalue weighted by atomic mass is 9.89. The Morgan fingerprint density at radius 1 is 1.05 bits per heavy atom. The molecule has 116 valence electrons. The summed E-state index contributed by atoms with van der Waals surface area (Å²) in [4.78, 5) is 2.42. The van der Waals surface area contributed by atoms with Gasteiger partial charge in [0.05, 0.1) is 7.11 Å². The van der Waals surface area contributed by atoms with Crippen LogP contribution < -0.4 is 4.74 Å². The van der Waals surface area contributed by atoms with Gasteiger partial charge in [0.1, 0.15) is 5.75 Å². The SMILES string of the molecule is COc1ccccc1[C@@H]1CN(Cc2ccccc2)C[C@@H]1CO. The first-order chi connectivity index (χ1) is 10.8. The van der Waals surface area contributed by atoms with Gasteiger partial charge in [0, 0.05) is 38.1 Å². The Balaban J connectivity index is 1.77. The molecular formula is C19H23NO2. The van der Waals surface area contributed by atoms with Crippen molar-refractivity contribution in [2.75, 3.05) is 26.8 Å². The molecule has 1 aliphatic rings. The van der Waals surface area contributed by atoms with Crippen LogP contribution in [0.25, 0.3) is 0 Å². The standard InChI is InChI=1S/C19H23NO2/c1-22-19-10-6-5-9-17(19)18-13-20(12-16(18)14-21)11-15-7-3-2-4-8-15/h2-10,16,18,21H,11-14H2,1H3/t16-,18-/m1/s1. The molecule has 0 aromatic heterocycles. The van der Waals surface area contributed by atoms with Gasteiger partial charge in [-0.05, 0) is 17.2 Å². The number of methoxy groups -OCH3 is 1. The van der Waals surface area contributed by atoms with E-state index in [4.69, 9.17) is 4.74 Å². The molecule has 3 heteroatoms. The van der Waals surface area contributed by atoms with Crippen molar-refractivity contribution in [3.63, 3.8) is 0 Å². The third kappa shape index (κ3) is 3.16. The summed E-state index contributed by atoms with van der Waals surface area (Å²) in [5.74, 6) is 1.51. The quantitative estimate of drug-likeness (QED) is 0.921. The highest BCUT2D eigenvalue weighted by Gasteiger charge is 2.34. The Kier molecular flexibility index (Phi) is 4.76. The van der Waals surface area contributed by atoms with Crippen LogP contribution in [0.3, 0.4) is 0 Å². The van der Waals surface area contributed by atoms with Crippen LogP contribution in [0, 0.1) is 5.92 Å². The minimum atomic E-state index is 0.216. The molecule has 1 aliphatic heterocycles. The number of hydrogen-bond acceptors (Lipinski definition) is 3. The highest BCUT2D eigenvalue weighted by Crippen LogP contribution is 2.37. The Bertz CT molecular complexity index is 599. The van der Waals surface area contributed by atoms with Gasteiger partial charge < -0.3 is 9.84 Å². The van der Waals surface area contributed by atoms with Gasteiger partial charge in [0.25, 0.3) is 0 Å². The Labute approximate surface area is 132 Å². The Morgan fingerprint density at radius 2 is 1.77 bits per heavy atom. The van der Waals surface area contributed by atoms with Crippen molar-refractivity contribution in [2.45, 2.75) is 12.5 Å². The fourth-order valence-corrected chi connectivity index (χ4v) is 3.44. The monoisotopic (exact) mass is 297 g/mol. The van der Waals surface area contributed by atoms with Crippen molar-refractivity contribution in [1.82, 2.24) is 4.90 Å². The van der Waals surface area contributed by atoms with E-state index >= 15 is 0 Å². The van der Waals surface area contributed by atoms with Gasteiger partial charge in [-0.15, -0.1) is 0 Å². The second-order valence-corrected chi connectivity index (χ2v) is 5.97. The van der Waals surface area contributed by atoms with E-state index in [2.05, 4.69) is 35.2 Å². The molecule has 2 atom stereocenters. The lowest BCUT2D eigenvalue weighted by molar-refractivity contribution is 0.213. The van der Waals surface area contributed by atoms with E-state index < -0.39 is 0 Å². The van der Waals surface area contributed by atoms with Gasteiger partial charge in [-0.3, -0.25) is 4.90 Å². The lowest BCUT2D eigenvalue weighted by Gasteiger charge is -2.19. The minimum absolute atomic E-state index is 0.216. The van der Waals surface area contributed by atoms with E-state index in [9.17, 15) is 5.11 Å². The highest BCUT2D eigenvalue weighted by molar-refractivity contribution is 5.37. The number of hydrogen-bond donors (Lipinski definition) is 1. The number of likely N-dealkylation sites (tertiary alicyclic amines) is 1. The van der Waals surface area contributed by atoms with Crippen molar-refractivity contribution in [2.24, 2.45) is 5.92 Å². The maximum Gasteiger partial charge on any atom is 0.122 e. The molecule has 22 heavy (non-hydrogen) atoms. The van der Waals surface area contributed by atoms with Gasteiger partial charge >= 0.3 is 0 Å². The van der Waals surface area contributed by atoms with E-state index in [1.807, 2.05) is 24.3 Å². The third-order valence-electron chi connectivity index (χ3n) is 4.54. The summed E-state index contributed by atoms with van der Waals surface area (Å²) in [6.07, 6.45) is 0. The van der Waals surface area contributed by atoms with Crippen LogP contribution in [0.4, 0.5) is 0 Å². The van der Waals surface area contributed by atoms with E-state index in [-0.39, 0.29) is 12.5 Å². The third-order valence-corrected chi connectivity index (χ3v) is 4.54. The maximum atomic E-state index is 9.78. The van der Waals surface area contributed by atoms with E-state index in [1.54, 1.807) is 7.11 Å². The molecule has 0 unspecified atom stereocenters. The molecule has 0 saturated carbocycles. The zero-order valence-corrected chi connectivity index (χ0v) is 13.0. The van der Waals surface area contributed by atoms with Gasteiger partial charge in [-0.2, -0.15) is 0 Å². The summed E-state index contributed by atoms with van der Waals surface area (Å²) >= 11 is 0. The maximum absolute atomic E-state index is 9.78. The van der Waals surface area contributed by atoms with Gasteiger partial charge in [0.2, 0.25) is 0 Å². The minimum Gasteiger partial charge on any atom is -0.496 e. The number of ether oxygens (including phenoxy) is 1. The molecule has 3 nitrogen and oxygen atoms in total. The topological polar surface area (TPSA) is 32.7 Å². The molecule has 1 fully saturated rings. The zero-order valence-electron chi connectivity index (χ0n) is 13.0. The van der Waals surface area contributed by atoms with Gasteiger partial charge in [-0.25, -0.2) is 0 Å². The Morgan fingerprint density at radius 3 is 2.50 bits per heavy atom. The van der Waals surface area contributed by atoms with E-state index in [1.165, 1.54) is 11.1 Å². The molecule has 1 N–H and O–H groups in total. The molecule has 0 bridgehead atoms. The molecule has 0 spiro atoms. The van der Waals surface area contributed by atoms with Crippen LogP contribution >= 0.6 is 0 Å². The molecule has 1 heterocycles. The average Bonchev–Trinajstić information content (AvgIpc) is 2.98. The largest absolute Gasteiger partial charge is 0.496 e. The summed E-state index contributed by atoms with van der Waals surface area (Å²) < 4.78 is 5.50. The zero-order chi connectivity index (χ0) is 15.4. The first kappa shape index (κ1) is 15.1. The van der Waals surface area contributed by atoms with Crippen molar-refractivity contribution in [3.8, 4) is 5.75 Å². The van der Waals surface area contributed by atoms with E-state index in [0.29, 0.717) is 5.92 Å². The predicted octanol–water partition coefficient (Wildman–Crippen LogP) is 2.90. The average molecular weight is 297 g/mol. The first-order valence-electron chi connectivity index (χ1n) is 7.82. The van der Waals surface area contributed by atoms with Crippen molar-refractivity contribution in [1.29, 1.82) is 0 Å². The van der Waals surface area contributed by atoms with Crippen LogP contribution in [0.15, 0.2) is 54.6 Å². The summed E-state index contributed by atoms with van der Waals surface area (Å²) in [5.41, 5.74) is 2.53. The number of nitrogens with zero attached hydrogens (tertiary/aromatic N) is 1. The van der Waals surface area contributed by atoms with Crippen LogP contribution in [-0.4, -0.2) is 36.8 Å². The smallest absolute Gasteiger partial charge is 0.122 e. The molecule has 2 aromatic rings. The number of para-hydroxylation sites is 1. The fourth-order valence-electron chi connectivity index (χ4n) is 3.44. The Hall–Kier alpha value is -1.84. The molecule has 2 aromatic carbocycles. The highest BCUT2D eigenvalue weighted by atomic mass is 16.5. The molecular weight excluding hydrogens is 274 g/mol. The van der Waals surface area contributed by atoms with Crippen LogP contribution in [-0.2, 0) is 6.54 Å². The number of aliphatic hydroxyl groups excluding tert-OH is 1. The lowest BCUT2D eigenvalue weighted by Crippen LogP contribution is -2.20. The second kappa shape index (κ2) is 6.95. The molecule has 3 rings (SSSR count). The summed E-state index contributed by atoms with van der Waals surface area (Å²) in [6, 6.07) is 18.7. The first-order valence-corrected chi connectivity index (χ1v) is 7.82. The fraction of sp³-hybridized carbons (Fsp3) is 0.368. The van der Waals surface area contributed by atoms with Crippen molar-refractivity contribution < 1.29 is 9.84 Å². The number of benzene rings is 2. The normalized spacial score (nSPS) is 21.9. The van der Waals surface area contributed by atoms with Crippen molar-refractivity contribution in [3.05, 3.63) is 65.7 Å². The van der Waals surface area contributed by atoms with Crippen LogP contribution in [0.5, 0.6) is 5.75 Å². The van der Waals surface area contributed by atoms with E-state index in [0.717, 1.165) is 25.4 Å². The molecule has 1 saturated heterocycles. The van der Waals surface area contributed by atoms with Gasteiger partial charge in [-0.1, -0.05) is 48.5 Å². The summed E-state index contributed by atoms with van der Waals surface area (Å²) in [6.45, 7) is 3.03. The number of aliphatic hydroxyl groups is 1. The van der Waals surface area contributed by atoms with Crippen molar-refractivity contribution >= 4 is 0 Å². The number of rotatable bonds is 5. The molecule has 0 aliphatic carbocycles. The summed E-state index contributed by atoms with van der Waals surface area (Å²) in [5, 5.41) is 9.78. The second-order valence-electron chi connectivity index (χ2n) is 5.97. The molecule has 0 radical (unpaired) electrons. The van der Waals surface area contributed by atoms with Crippen LogP contribution in [0.2, 0.25) is 0 Å². The predicted molar refractivity (Wildman–Crippen MR) is 88.0 cm³/mol. The molecule has 0 amide bonds. The van der Waals surface area contributed by atoms with Crippen LogP contribution in [0.1, 0.15) is 17.0 Å². The van der Waals surface area contributed by atoms with Gasteiger partial charge in [0.15, 0.2) is 0 Å². The summed E-state index contributed by atoms with van der Waals surface area (Å²) in [7, 11) is 1.71.